The number of hydrogen-bond donors (Lipinski definition) is 3. The van der Waals surface area contributed by atoms with Crippen molar-refractivity contribution >= 4 is 17.1 Å². The number of phenolic OH excluding ortho intramolecular Hbond substituents is 1. The molecule has 0 radical (unpaired) electrons. The number of allylic oxidation sites excluding steroid dienone is 1. The molecule has 3 N–H and O–H groups in total. The molecule has 0 heterocycles. The highest BCUT2D eigenvalue weighted by Crippen LogP contribution is 2.35. The van der Waals surface area contributed by atoms with Crippen LogP contribution in [0.5, 0.6) is 11.5 Å². The molecule has 5 nitrogen and oxygen atoms in total. The van der Waals surface area contributed by atoms with Gasteiger partial charge in [-0.25, -0.2) is 0 Å². The predicted molar refractivity (Wildman–Crippen MR) is 158 cm³/mol. The molecule has 0 aliphatic heterocycles. The van der Waals surface area contributed by atoms with Crippen LogP contribution in [0.3, 0.4) is 0 Å². The van der Waals surface area contributed by atoms with Crippen LogP contribution in [0.1, 0.15) is 69.6 Å². The van der Waals surface area contributed by atoms with Crippen LogP contribution in [0.2, 0.25) is 0 Å². The summed E-state index contributed by atoms with van der Waals surface area (Å²) in [7, 11) is 1.91. The van der Waals surface area contributed by atoms with Crippen molar-refractivity contribution in [3.8, 4) is 11.5 Å². The molecule has 3 aromatic rings. The van der Waals surface area contributed by atoms with E-state index in [2.05, 4.69) is 48.6 Å². The number of ether oxygens (including phenoxy) is 1. The molecule has 0 saturated carbocycles. The van der Waals surface area contributed by atoms with E-state index in [1.54, 1.807) is 12.1 Å². The molecule has 0 fully saturated rings. The highest BCUT2D eigenvalue weighted by atomic mass is 16.5. The zero-order valence-electron chi connectivity index (χ0n) is 23.2. The number of nitrogens with one attached hydrogen (secondary N) is 1. The summed E-state index contributed by atoms with van der Waals surface area (Å²) in [6, 6.07) is 26.1. The second-order valence-corrected chi connectivity index (χ2v) is 9.21. The van der Waals surface area contributed by atoms with Gasteiger partial charge in [0.1, 0.15) is 18.1 Å². The Hall–Kier alpha value is -3.57. The fraction of sp³-hybridized carbons (Fsp3) is 0.364. The number of aliphatic carboxylic acids is 1. The quantitative estimate of drug-likeness (QED) is 0.160. The lowest BCUT2D eigenvalue weighted by Gasteiger charge is -2.17. The first-order chi connectivity index (χ1) is 18.4. The normalized spacial score (nSPS) is 11.4. The molecular formula is C33H43NO4. The summed E-state index contributed by atoms with van der Waals surface area (Å²) in [5.74, 6) is 0.398. The van der Waals surface area contributed by atoms with E-state index in [1.165, 1.54) is 16.7 Å². The van der Waals surface area contributed by atoms with Crippen molar-refractivity contribution in [1.82, 2.24) is 5.32 Å². The van der Waals surface area contributed by atoms with E-state index in [0.29, 0.717) is 6.61 Å². The fourth-order valence-corrected chi connectivity index (χ4v) is 4.38. The van der Waals surface area contributed by atoms with Gasteiger partial charge in [-0.1, -0.05) is 88.2 Å². The lowest BCUT2D eigenvalue weighted by Crippen LogP contribution is -2.15. The van der Waals surface area contributed by atoms with Crippen LogP contribution in [0.4, 0.5) is 0 Å². The molecule has 0 amide bonds. The third-order valence-corrected chi connectivity index (χ3v) is 6.32. The summed E-state index contributed by atoms with van der Waals surface area (Å²) in [4.78, 5) is 10.5. The Kier molecular flexibility index (Phi) is 13.7. The Morgan fingerprint density at radius 3 is 1.84 bits per heavy atom. The largest absolute Gasteiger partial charge is 0.508 e. The SMILES string of the molecule is CC/C(=C(\c1ccc(O)cc1)c1ccc(OCCNC)cc1)c1ccccc1.CCCC(CCC)C(=O)O. The zero-order valence-corrected chi connectivity index (χ0v) is 23.2. The van der Waals surface area contributed by atoms with E-state index < -0.39 is 5.97 Å². The maximum atomic E-state index is 10.5. The molecule has 3 rings (SSSR count). The van der Waals surface area contributed by atoms with Crippen molar-refractivity contribution in [2.24, 2.45) is 5.92 Å². The first-order valence-corrected chi connectivity index (χ1v) is 13.6. The molecule has 38 heavy (non-hydrogen) atoms. The Balaban J connectivity index is 0.000000432. The summed E-state index contributed by atoms with van der Waals surface area (Å²) < 4.78 is 5.76. The van der Waals surface area contributed by atoms with Crippen molar-refractivity contribution in [1.29, 1.82) is 0 Å². The third-order valence-electron chi connectivity index (χ3n) is 6.32. The van der Waals surface area contributed by atoms with Crippen molar-refractivity contribution in [2.45, 2.75) is 52.9 Å². The smallest absolute Gasteiger partial charge is 0.306 e. The molecule has 0 saturated heterocycles. The molecule has 0 atom stereocenters. The fourth-order valence-electron chi connectivity index (χ4n) is 4.38. The molecular weight excluding hydrogens is 474 g/mol. The second-order valence-electron chi connectivity index (χ2n) is 9.21. The van der Waals surface area contributed by atoms with Gasteiger partial charge in [0.05, 0.1) is 5.92 Å². The number of benzene rings is 3. The minimum absolute atomic E-state index is 0.102. The number of phenols is 1. The van der Waals surface area contributed by atoms with Gasteiger partial charge in [0.15, 0.2) is 0 Å². The monoisotopic (exact) mass is 517 g/mol. The number of rotatable bonds is 13. The van der Waals surface area contributed by atoms with Gasteiger partial charge in [0.25, 0.3) is 0 Å². The number of aromatic hydroxyl groups is 1. The molecule has 0 aliphatic carbocycles. The summed E-state index contributed by atoms with van der Waals surface area (Å²) in [6.45, 7) is 7.67. The molecule has 0 bridgehead atoms. The van der Waals surface area contributed by atoms with Gasteiger partial charge in [-0.3, -0.25) is 4.79 Å². The highest BCUT2D eigenvalue weighted by molar-refractivity contribution is 5.98. The maximum absolute atomic E-state index is 10.5. The van der Waals surface area contributed by atoms with E-state index in [-0.39, 0.29) is 11.7 Å². The lowest BCUT2D eigenvalue weighted by molar-refractivity contribution is -0.142. The molecule has 0 spiro atoms. The van der Waals surface area contributed by atoms with Gasteiger partial charge in [0.2, 0.25) is 0 Å². The van der Waals surface area contributed by atoms with Gasteiger partial charge >= 0.3 is 5.97 Å². The Bertz CT molecular complexity index is 1100. The van der Waals surface area contributed by atoms with Crippen molar-refractivity contribution in [2.75, 3.05) is 20.2 Å². The number of carboxylic acid groups (broad SMARTS) is 1. The molecule has 204 valence electrons. The van der Waals surface area contributed by atoms with Crippen LogP contribution < -0.4 is 10.1 Å². The van der Waals surface area contributed by atoms with Crippen LogP contribution in [0, 0.1) is 5.92 Å². The first kappa shape index (κ1) is 30.7. The van der Waals surface area contributed by atoms with E-state index >= 15 is 0 Å². The first-order valence-electron chi connectivity index (χ1n) is 13.6. The van der Waals surface area contributed by atoms with E-state index in [1.807, 2.05) is 51.2 Å². The molecule has 0 unspecified atom stereocenters. The van der Waals surface area contributed by atoms with E-state index in [0.717, 1.165) is 55.5 Å². The Labute approximate surface area is 228 Å². The van der Waals surface area contributed by atoms with Crippen molar-refractivity contribution < 1.29 is 19.7 Å². The topological polar surface area (TPSA) is 78.8 Å². The van der Waals surface area contributed by atoms with Crippen LogP contribution in [-0.4, -0.2) is 36.4 Å². The number of carboxylic acids is 1. The number of hydrogen-bond acceptors (Lipinski definition) is 4. The Morgan fingerprint density at radius 1 is 0.816 bits per heavy atom. The molecule has 0 aromatic heterocycles. The number of likely N-dealkylation sites (N-methyl/N-ethyl adjacent to an activating group) is 1. The van der Waals surface area contributed by atoms with Crippen LogP contribution in [0.15, 0.2) is 78.9 Å². The average Bonchev–Trinajstić information content (AvgIpc) is 2.94. The molecule has 3 aromatic carbocycles. The van der Waals surface area contributed by atoms with Gasteiger partial charge in [-0.15, -0.1) is 0 Å². The third kappa shape index (κ3) is 9.71. The van der Waals surface area contributed by atoms with Crippen LogP contribution in [-0.2, 0) is 4.79 Å². The molecule has 5 heteroatoms. The van der Waals surface area contributed by atoms with E-state index in [4.69, 9.17) is 9.84 Å². The minimum atomic E-state index is -0.635. The summed E-state index contributed by atoms with van der Waals surface area (Å²) in [6.07, 6.45) is 4.49. The second kappa shape index (κ2) is 17.0. The van der Waals surface area contributed by atoms with Gasteiger partial charge < -0.3 is 20.3 Å². The Morgan fingerprint density at radius 2 is 1.37 bits per heavy atom. The summed E-state index contributed by atoms with van der Waals surface area (Å²) >= 11 is 0. The summed E-state index contributed by atoms with van der Waals surface area (Å²) in [5, 5.41) is 21.4. The van der Waals surface area contributed by atoms with E-state index in [9.17, 15) is 9.90 Å². The van der Waals surface area contributed by atoms with Crippen LogP contribution in [0.25, 0.3) is 11.1 Å². The van der Waals surface area contributed by atoms with Gasteiger partial charge in [0, 0.05) is 6.54 Å². The zero-order chi connectivity index (χ0) is 27.8. The lowest BCUT2D eigenvalue weighted by atomic mass is 9.88. The summed E-state index contributed by atoms with van der Waals surface area (Å²) in [5.41, 5.74) is 5.88. The standard InChI is InChI=1S/C25H27NO2.C8H16O2/c1-3-24(19-7-5-4-6-8-19)25(20-9-13-22(27)14-10-20)21-11-15-23(16-12-21)28-18-17-26-2;1-3-5-7(6-4-2)8(9)10/h4-16,26-27H,3,17-18H2,1-2H3;7H,3-6H2,1-2H3,(H,9,10)/b25-24-;. The number of carbonyl (C=O) groups is 1. The predicted octanol–water partition coefficient (Wildman–Crippen LogP) is 7.65. The molecule has 0 aliphatic rings. The van der Waals surface area contributed by atoms with Crippen molar-refractivity contribution in [3.63, 3.8) is 0 Å². The van der Waals surface area contributed by atoms with Crippen molar-refractivity contribution in [3.05, 3.63) is 95.6 Å². The minimum Gasteiger partial charge on any atom is -0.508 e. The van der Waals surface area contributed by atoms with Crippen LogP contribution >= 0.6 is 0 Å². The highest BCUT2D eigenvalue weighted by Gasteiger charge is 2.14. The van der Waals surface area contributed by atoms with Gasteiger partial charge in [-0.2, -0.15) is 0 Å². The maximum Gasteiger partial charge on any atom is 0.306 e. The van der Waals surface area contributed by atoms with Gasteiger partial charge in [-0.05, 0) is 78.4 Å². The average molecular weight is 518 g/mol.